The molecule has 1 heterocycles. The molecular formula is C12H16FNO2S. The van der Waals surface area contributed by atoms with E-state index in [4.69, 9.17) is 0 Å². The molecule has 0 radical (unpaired) electrons. The SMILES string of the molecule is CC1CNC(c2cccc(F)c2)C(C)S1(=O)=O. The van der Waals surface area contributed by atoms with Gasteiger partial charge in [0.2, 0.25) is 0 Å². The molecule has 3 atom stereocenters. The highest BCUT2D eigenvalue weighted by Crippen LogP contribution is 2.28. The summed E-state index contributed by atoms with van der Waals surface area (Å²) in [7, 11) is -3.14. The molecule has 1 aliphatic heterocycles. The van der Waals surface area contributed by atoms with Gasteiger partial charge in [0.25, 0.3) is 0 Å². The number of sulfone groups is 1. The molecule has 0 spiro atoms. The van der Waals surface area contributed by atoms with Crippen molar-refractivity contribution in [2.75, 3.05) is 6.54 Å². The summed E-state index contributed by atoms with van der Waals surface area (Å²) >= 11 is 0. The first-order chi connectivity index (χ1) is 7.93. The second kappa shape index (κ2) is 4.38. The van der Waals surface area contributed by atoms with Gasteiger partial charge in [-0.25, -0.2) is 12.8 Å². The van der Waals surface area contributed by atoms with Crippen LogP contribution in [0.15, 0.2) is 24.3 Å². The van der Waals surface area contributed by atoms with Crippen molar-refractivity contribution < 1.29 is 12.8 Å². The van der Waals surface area contributed by atoms with Gasteiger partial charge in [-0.2, -0.15) is 0 Å². The van der Waals surface area contributed by atoms with Crippen molar-refractivity contribution in [2.24, 2.45) is 0 Å². The Morgan fingerprint density at radius 2 is 2.06 bits per heavy atom. The van der Waals surface area contributed by atoms with Crippen LogP contribution in [0.2, 0.25) is 0 Å². The third-order valence-electron chi connectivity index (χ3n) is 3.38. The number of hydrogen-bond acceptors (Lipinski definition) is 3. The van der Waals surface area contributed by atoms with E-state index in [0.717, 1.165) is 0 Å². The van der Waals surface area contributed by atoms with E-state index < -0.39 is 15.1 Å². The van der Waals surface area contributed by atoms with Crippen LogP contribution in [0.25, 0.3) is 0 Å². The standard InChI is InChI=1S/C12H16FNO2S/c1-8-7-14-12(9(2)17(8,15)16)10-4-3-5-11(13)6-10/h3-6,8-9,12,14H,7H2,1-2H3. The van der Waals surface area contributed by atoms with Gasteiger partial charge in [-0.3, -0.25) is 0 Å². The molecule has 1 N–H and O–H groups in total. The van der Waals surface area contributed by atoms with Crippen LogP contribution in [-0.2, 0) is 9.84 Å². The third-order valence-corrected chi connectivity index (χ3v) is 5.98. The zero-order chi connectivity index (χ0) is 12.6. The van der Waals surface area contributed by atoms with Crippen LogP contribution in [0.1, 0.15) is 25.5 Å². The van der Waals surface area contributed by atoms with Gasteiger partial charge in [0.05, 0.1) is 10.5 Å². The number of rotatable bonds is 1. The Morgan fingerprint density at radius 1 is 1.35 bits per heavy atom. The Balaban J connectivity index is 2.35. The molecule has 2 rings (SSSR count). The minimum absolute atomic E-state index is 0.327. The maximum atomic E-state index is 13.1. The number of benzene rings is 1. The molecule has 0 bridgehead atoms. The molecule has 0 aromatic heterocycles. The zero-order valence-electron chi connectivity index (χ0n) is 9.85. The summed E-state index contributed by atoms with van der Waals surface area (Å²) in [5, 5.41) is 2.25. The summed E-state index contributed by atoms with van der Waals surface area (Å²) in [6.45, 7) is 3.78. The van der Waals surface area contributed by atoms with Crippen LogP contribution in [0.4, 0.5) is 4.39 Å². The first-order valence-corrected chi connectivity index (χ1v) is 7.25. The Labute approximate surface area is 101 Å². The number of hydrogen-bond donors (Lipinski definition) is 1. The molecule has 0 amide bonds. The highest BCUT2D eigenvalue weighted by molar-refractivity contribution is 7.92. The highest BCUT2D eigenvalue weighted by Gasteiger charge is 2.38. The van der Waals surface area contributed by atoms with E-state index in [1.165, 1.54) is 12.1 Å². The van der Waals surface area contributed by atoms with Gasteiger partial charge < -0.3 is 5.32 Å². The molecule has 1 aromatic carbocycles. The van der Waals surface area contributed by atoms with Crippen LogP contribution in [-0.4, -0.2) is 25.5 Å². The summed E-state index contributed by atoms with van der Waals surface area (Å²) in [4.78, 5) is 0. The lowest BCUT2D eigenvalue weighted by Crippen LogP contribution is -2.49. The monoisotopic (exact) mass is 257 g/mol. The van der Waals surface area contributed by atoms with Gasteiger partial charge in [0.15, 0.2) is 9.84 Å². The Kier molecular flexibility index (Phi) is 3.23. The van der Waals surface area contributed by atoms with Crippen LogP contribution in [0, 0.1) is 5.82 Å². The quantitative estimate of drug-likeness (QED) is 0.832. The summed E-state index contributed by atoms with van der Waals surface area (Å²) in [6.07, 6.45) is 0. The summed E-state index contributed by atoms with van der Waals surface area (Å²) < 4.78 is 37.2. The van der Waals surface area contributed by atoms with Crippen molar-refractivity contribution in [1.82, 2.24) is 5.32 Å². The van der Waals surface area contributed by atoms with Crippen molar-refractivity contribution in [1.29, 1.82) is 0 Å². The summed E-state index contributed by atoms with van der Waals surface area (Å²) in [5.41, 5.74) is 0.688. The lowest BCUT2D eigenvalue weighted by atomic mass is 10.0. The fourth-order valence-corrected chi connectivity index (χ4v) is 3.91. The maximum Gasteiger partial charge on any atom is 0.158 e. The highest BCUT2D eigenvalue weighted by atomic mass is 32.2. The van der Waals surface area contributed by atoms with Crippen LogP contribution < -0.4 is 5.32 Å². The largest absolute Gasteiger partial charge is 0.308 e. The van der Waals surface area contributed by atoms with E-state index in [2.05, 4.69) is 5.32 Å². The molecule has 1 aliphatic rings. The molecule has 1 fully saturated rings. The van der Waals surface area contributed by atoms with Crippen molar-refractivity contribution in [3.8, 4) is 0 Å². The van der Waals surface area contributed by atoms with E-state index in [0.29, 0.717) is 12.1 Å². The third kappa shape index (κ3) is 2.21. The molecule has 17 heavy (non-hydrogen) atoms. The molecular weight excluding hydrogens is 241 g/mol. The lowest BCUT2D eigenvalue weighted by Gasteiger charge is -2.34. The van der Waals surface area contributed by atoms with Gasteiger partial charge in [-0.1, -0.05) is 12.1 Å². The Hall–Kier alpha value is -0.940. The van der Waals surface area contributed by atoms with Crippen molar-refractivity contribution in [3.63, 3.8) is 0 Å². The maximum absolute atomic E-state index is 13.1. The van der Waals surface area contributed by atoms with Gasteiger partial charge in [-0.15, -0.1) is 0 Å². The summed E-state index contributed by atoms with van der Waals surface area (Å²) in [5.74, 6) is -0.340. The molecule has 94 valence electrons. The molecule has 0 aliphatic carbocycles. The minimum Gasteiger partial charge on any atom is -0.308 e. The number of halogens is 1. The fraction of sp³-hybridized carbons (Fsp3) is 0.500. The second-order valence-electron chi connectivity index (χ2n) is 4.55. The lowest BCUT2D eigenvalue weighted by molar-refractivity contribution is 0.456. The van der Waals surface area contributed by atoms with Crippen molar-refractivity contribution >= 4 is 9.84 Å². The fourth-order valence-electron chi connectivity index (χ4n) is 2.22. The number of nitrogens with one attached hydrogen (secondary N) is 1. The molecule has 3 unspecified atom stereocenters. The molecule has 3 nitrogen and oxygen atoms in total. The molecule has 5 heteroatoms. The molecule has 1 aromatic rings. The van der Waals surface area contributed by atoms with Crippen LogP contribution in [0.3, 0.4) is 0 Å². The van der Waals surface area contributed by atoms with Crippen LogP contribution >= 0.6 is 0 Å². The van der Waals surface area contributed by atoms with Crippen molar-refractivity contribution in [3.05, 3.63) is 35.6 Å². The van der Waals surface area contributed by atoms with E-state index >= 15 is 0 Å². The Bertz CT molecular complexity index is 515. The molecule has 1 saturated heterocycles. The average molecular weight is 257 g/mol. The first-order valence-electron chi connectivity index (χ1n) is 5.64. The molecule has 0 saturated carbocycles. The van der Waals surface area contributed by atoms with Gasteiger partial charge in [0.1, 0.15) is 5.82 Å². The van der Waals surface area contributed by atoms with Crippen molar-refractivity contribution in [2.45, 2.75) is 30.4 Å². The minimum atomic E-state index is -3.14. The van der Waals surface area contributed by atoms with Gasteiger partial charge in [0, 0.05) is 12.6 Å². The van der Waals surface area contributed by atoms with Gasteiger partial charge >= 0.3 is 0 Å². The topological polar surface area (TPSA) is 46.2 Å². The zero-order valence-corrected chi connectivity index (χ0v) is 10.7. The van der Waals surface area contributed by atoms with Gasteiger partial charge in [-0.05, 0) is 31.5 Å². The van der Waals surface area contributed by atoms with Crippen LogP contribution in [0.5, 0.6) is 0 Å². The van der Waals surface area contributed by atoms with E-state index in [1.54, 1.807) is 26.0 Å². The van der Waals surface area contributed by atoms with E-state index in [1.807, 2.05) is 0 Å². The van der Waals surface area contributed by atoms with E-state index in [9.17, 15) is 12.8 Å². The average Bonchev–Trinajstić information content (AvgIpc) is 2.27. The first kappa shape index (κ1) is 12.5. The predicted octanol–water partition coefficient (Wildman–Crippen LogP) is 1.66. The second-order valence-corrected chi connectivity index (χ2v) is 7.27. The smallest absolute Gasteiger partial charge is 0.158 e. The normalized spacial score (nSPS) is 32.3. The summed E-state index contributed by atoms with van der Waals surface area (Å²) in [6, 6.07) is 5.77. The Morgan fingerprint density at radius 3 is 2.71 bits per heavy atom. The van der Waals surface area contributed by atoms with E-state index in [-0.39, 0.29) is 17.1 Å². The predicted molar refractivity (Wildman–Crippen MR) is 65.0 cm³/mol.